The first-order valence-electron chi connectivity index (χ1n) is 11.0. The summed E-state index contributed by atoms with van der Waals surface area (Å²) in [6.07, 6.45) is 2.96. The van der Waals surface area contributed by atoms with Gasteiger partial charge in [-0.25, -0.2) is 13.4 Å². The molecule has 176 valence electrons. The van der Waals surface area contributed by atoms with Crippen molar-refractivity contribution in [3.8, 4) is 11.3 Å². The topological polar surface area (TPSA) is 95.8 Å². The monoisotopic (exact) mass is 470 g/mol. The molecule has 1 heterocycles. The maximum atomic E-state index is 13.1. The minimum Gasteiger partial charge on any atom is -0.444 e. The van der Waals surface area contributed by atoms with Crippen molar-refractivity contribution >= 4 is 27.3 Å². The Morgan fingerprint density at radius 2 is 1.64 bits per heavy atom. The van der Waals surface area contributed by atoms with E-state index in [1.165, 1.54) is 10.7 Å². The number of benzene rings is 2. The molecule has 0 bridgehead atoms. The number of nitrogens with one attached hydrogen (secondary N) is 1. The molecule has 0 saturated heterocycles. The van der Waals surface area contributed by atoms with E-state index in [0.29, 0.717) is 43.2 Å². The van der Waals surface area contributed by atoms with Gasteiger partial charge in [-0.05, 0) is 44.2 Å². The van der Waals surface area contributed by atoms with Crippen molar-refractivity contribution in [1.29, 1.82) is 0 Å². The zero-order valence-electron chi connectivity index (χ0n) is 19.4. The Labute approximate surface area is 195 Å². The van der Waals surface area contributed by atoms with Gasteiger partial charge in [0.1, 0.15) is 0 Å². The summed E-state index contributed by atoms with van der Waals surface area (Å²) in [5.74, 6) is 0.282. The number of carbonyl (C=O) groups excluding carboxylic acids is 1. The molecule has 8 nitrogen and oxygen atoms in total. The van der Waals surface area contributed by atoms with E-state index in [2.05, 4.69) is 15.2 Å². The molecule has 0 aliphatic carbocycles. The third-order valence-electron chi connectivity index (χ3n) is 5.53. The lowest BCUT2D eigenvalue weighted by Gasteiger charge is -2.26. The summed E-state index contributed by atoms with van der Waals surface area (Å²) >= 11 is 0. The van der Waals surface area contributed by atoms with Crippen molar-refractivity contribution in [2.45, 2.75) is 32.6 Å². The highest BCUT2D eigenvalue weighted by molar-refractivity contribution is 7.89. The number of hydrogen-bond acceptors (Lipinski definition) is 6. The Balaban J connectivity index is 1.96. The smallest absolute Gasteiger partial charge is 0.255 e. The highest BCUT2D eigenvalue weighted by atomic mass is 32.2. The first-order valence-corrected chi connectivity index (χ1v) is 12.5. The predicted molar refractivity (Wildman–Crippen MR) is 130 cm³/mol. The number of hydrogen-bond donors (Lipinski definition) is 1. The highest BCUT2D eigenvalue weighted by Gasteiger charge is 2.24. The van der Waals surface area contributed by atoms with E-state index in [0.717, 1.165) is 11.3 Å². The van der Waals surface area contributed by atoms with Crippen LogP contribution in [0.1, 0.15) is 38.1 Å². The number of amides is 1. The van der Waals surface area contributed by atoms with E-state index in [9.17, 15) is 13.2 Å². The van der Waals surface area contributed by atoms with E-state index < -0.39 is 10.0 Å². The van der Waals surface area contributed by atoms with Crippen molar-refractivity contribution in [3.63, 3.8) is 0 Å². The third kappa shape index (κ3) is 5.26. The molecule has 1 amide bonds. The normalized spacial score (nSPS) is 11.5. The second kappa shape index (κ2) is 10.6. The Hall–Kier alpha value is -3.17. The summed E-state index contributed by atoms with van der Waals surface area (Å²) in [6.45, 7) is 9.80. The highest BCUT2D eigenvalue weighted by Crippen LogP contribution is 2.31. The average molecular weight is 471 g/mol. The molecule has 0 aliphatic heterocycles. The largest absolute Gasteiger partial charge is 0.444 e. The van der Waals surface area contributed by atoms with Crippen LogP contribution in [0.3, 0.4) is 0 Å². The summed E-state index contributed by atoms with van der Waals surface area (Å²) in [5, 5.41) is 2.92. The molecular weight excluding hydrogens is 440 g/mol. The Bertz CT molecular complexity index is 1170. The molecule has 0 spiro atoms. The quantitative estimate of drug-likeness (QED) is 0.470. The number of anilines is 2. The number of rotatable bonds is 10. The molecule has 0 saturated carbocycles. The predicted octanol–water partition coefficient (Wildman–Crippen LogP) is 4.47. The van der Waals surface area contributed by atoms with Crippen molar-refractivity contribution < 1.29 is 17.6 Å². The summed E-state index contributed by atoms with van der Waals surface area (Å²) in [6, 6.07) is 11.8. The number of carbonyl (C=O) groups is 1. The number of sulfonamides is 1. The van der Waals surface area contributed by atoms with E-state index >= 15 is 0 Å². The minimum absolute atomic E-state index is 0.151. The van der Waals surface area contributed by atoms with Gasteiger partial charge in [-0.3, -0.25) is 4.79 Å². The van der Waals surface area contributed by atoms with Crippen LogP contribution in [0.15, 0.2) is 64.4 Å². The first kappa shape index (κ1) is 24.5. The van der Waals surface area contributed by atoms with Crippen molar-refractivity contribution in [2.24, 2.45) is 0 Å². The fraction of sp³-hybridized carbons (Fsp3) is 0.333. The molecule has 33 heavy (non-hydrogen) atoms. The fourth-order valence-electron chi connectivity index (χ4n) is 3.67. The van der Waals surface area contributed by atoms with Gasteiger partial charge >= 0.3 is 0 Å². The molecule has 1 N–H and O–H groups in total. The third-order valence-corrected chi connectivity index (χ3v) is 7.57. The molecule has 9 heteroatoms. The van der Waals surface area contributed by atoms with Gasteiger partial charge in [0, 0.05) is 37.3 Å². The lowest BCUT2D eigenvalue weighted by molar-refractivity contribution is 0.102. The lowest BCUT2D eigenvalue weighted by Crippen LogP contribution is -2.31. The molecule has 2 aromatic carbocycles. The van der Waals surface area contributed by atoms with Gasteiger partial charge in [-0.1, -0.05) is 26.0 Å². The maximum Gasteiger partial charge on any atom is 0.255 e. The SMILES string of the molecule is CCN(CC)c1ccc(S(=O)(=O)N(CC)CC)cc1NC(=O)c1ccc(-c2cnco2)cc1. The summed E-state index contributed by atoms with van der Waals surface area (Å²) < 4.78 is 32.8. The van der Waals surface area contributed by atoms with E-state index in [-0.39, 0.29) is 10.8 Å². The average Bonchev–Trinajstić information content (AvgIpc) is 3.36. The van der Waals surface area contributed by atoms with Crippen LogP contribution in [0, 0.1) is 0 Å². The Morgan fingerprint density at radius 1 is 0.970 bits per heavy atom. The fourth-order valence-corrected chi connectivity index (χ4v) is 5.15. The second-order valence-corrected chi connectivity index (χ2v) is 9.28. The summed E-state index contributed by atoms with van der Waals surface area (Å²) in [4.78, 5) is 19.2. The minimum atomic E-state index is -3.66. The molecule has 0 unspecified atom stereocenters. The molecule has 0 aliphatic rings. The summed E-state index contributed by atoms with van der Waals surface area (Å²) in [7, 11) is -3.66. The van der Waals surface area contributed by atoms with Crippen molar-refractivity contribution in [2.75, 3.05) is 36.4 Å². The molecule has 3 aromatic rings. The van der Waals surface area contributed by atoms with Crippen molar-refractivity contribution in [1.82, 2.24) is 9.29 Å². The molecule has 0 fully saturated rings. The number of nitrogens with zero attached hydrogens (tertiary/aromatic N) is 3. The molecule has 0 atom stereocenters. The van der Waals surface area contributed by atoms with E-state index in [4.69, 9.17) is 4.42 Å². The van der Waals surface area contributed by atoms with Crippen LogP contribution in [0.25, 0.3) is 11.3 Å². The standard InChI is InChI=1S/C24H30N4O4S/c1-5-27(6-2)22-14-13-20(33(30,31)28(7-3)8-4)15-21(22)26-24(29)19-11-9-18(10-12-19)23-16-25-17-32-23/h9-17H,5-8H2,1-4H3,(H,26,29). The van der Waals surface area contributed by atoms with Gasteiger partial charge < -0.3 is 14.6 Å². The number of aromatic nitrogens is 1. The van der Waals surface area contributed by atoms with Gasteiger partial charge in [-0.2, -0.15) is 4.31 Å². The van der Waals surface area contributed by atoms with Crippen LogP contribution in [-0.4, -0.2) is 49.8 Å². The van der Waals surface area contributed by atoms with Crippen LogP contribution < -0.4 is 10.2 Å². The van der Waals surface area contributed by atoms with Crippen molar-refractivity contribution in [3.05, 3.63) is 60.6 Å². The van der Waals surface area contributed by atoms with Gasteiger partial charge in [0.05, 0.1) is 22.5 Å². The van der Waals surface area contributed by atoms with Gasteiger partial charge in [0.15, 0.2) is 12.2 Å². The van der Waals surface area contributed by atoms with Crippen LogP contribution in [-0.2, 0) is 10.0 Å². The number of oxazole rings is 1. The lowest BCUT2D eigenvalue weighted by atomic mass is 10.1. The van der Waals surface area contributed by atoms with E-state index in [1.807, 2.05) is 13.8 Å². The maximum absolute atomic E-state index is 13.1. The van der Waals surface area contributed by atoms with Gasteiger partial charge in [0.25, 0.3) is 5.91 Å². The zero-order valence-corrected chi connectivity index (χ0v) is 20.2. The molecule has 3 rings (SSSR count). The van der Waals surface area contributed by atoms with Crippen LogP contribution in [0.4, 0.5) is 11.4 Å². The Kier molecular flexibility index (Phi) is 7.88. The second-order valence-electron chi connectivity index (χ2n) is 7.34. The Morgan fingerprint density at radius 3 is 2.18 bits per heavy atom. The summed E-state index contributed by atoms with van der Waals surface area (Å²) in [5.41, 5.74) is 2.47. The van der Waals surface area contributed by atoms with Crippen LogP contribution in [0.2, 0.25) is 0 Å². The molecular formula is C24H30N4O4S. The van der Waals surface area contributed by atoms with E-state index in [1.54, 1.807) is 62.5 Å². The van der Waals surface area contributed by atoms with Crippen LogP contribution >= 0.6 is 0 Å². The van der Waals surface area contributed by atoms with Crippen LogP contribution in [0.5, 0.6) is 0 Å². The first-order chi connectivity index (χ1) is 15.8. The van der Waals surface area contributed by atoms with Gasteiger partial charge in [-0.15, -0.1) is 0 Å². The van der Waals surface area contributed by atoms with Gasteiger partial charge in [0.2, 0.25) is 10.0 Å². The molecule has 0 radical (unpaired) electrons. The molecule has 1 aromatic heterocycles. The zero-order chi connectivity index (χ0) is 24.0.